The normalized spacial score (nSPS) is 15.1. The van der Waals surface area contributed by atoms with E-state index in [9.17, 15) is 23.1 Å². The number of piperidine rings is 1. The van der Waals surface area contributed by atoms with Crippen molar-refractivity contribution in [3.63, 3.8) is 0 Å². The van der Waals surface area contributed by atoms with Gasteiger partial charge in [-0.2, -0.15) is 23.4 Å². The fraction of sp³-hybridized carbons (Fsp3) is 0.378. The second-order valence-electron chi connectivity index (χ2n) is 13.9. The van der Waals surface area contributed by atoms with E-state index >= 15 is 4.39 Å². The van der Waals surface area contributed by atoms with E-state index < -0.39 is 30.7 Å². The minimum absolute atomic E-state index is 0.0917. The van der Waals surface area contributed by atoms with E-state index in [2.05, 4.69) is 25.5 Å². The topological polar surface area (TPSA) is 113 Å². The van der Waals surface area contributed by atoms with E-state index in [4.69, 9.17) is 0 Å². The van der Waals surface area contributed by atoms with Crippen molar-refractivity contribution < 1.29 is 22.7 Å². The van der Waals surface area contributed by atoms with Crippen LogP contribution in [0, 0.1) is 5.82 Å². The van der Waals surface area contributed by atoms with Crippen LogP contribution in [-0.2, 0) is 19.1 Å². The first-order chi connectivity index (χ1) is 24.2. The SMILES string of the molecule is CN=c1c2c(F)cc(C(C)(C)C)cc2cnn1-c1cccc(-c2cc(Nc3ccc(C4CCN(CC(F)(F)F)CC4)cn3)c(=O)n(C)n2)c1CO. The van der Waals surface area contributed by atoms with Crippen LogP contribution < -0.4 is 16.4 Å². The molecule has 6 rings (SSSR count). The Hall–Kier alpha value is -4.95. The van der Waals surface area contributed by atoms with Crippen molar-refractivity contribution in [1.29, 1.82) is 0 Å². The first-order valence-electron chi connectivity index (χ1n) is 16.7. The Morgan fingerprint density at radius 1 is 1.04 bits per heavy atom. The van der Waals surface area contributed by atoms with Crippen molar-refractivity contribution in [1.82, 2.24) is 29.4 Å². The molecule has 268 valence electrons. The molecule has 3 aromatic heterocycles. The summed E-state index contributed by atoms with van der Waals surface area (Å²) in [6, 6.07) is 13.9. The number of aromatic nitrogens is 5. The number of halogens is 4. The Labute approximate surface area is 292 Å². The molecule has 0 spiro atoms. The van der Waals surface area contributed by atoms with Gasteiger partial charge in [-0.1, -0.05) is 39.0 Å². The van der Waals surface area contributed by atoms with Crippen molar-refractivity contribution in [3.05, 3.63) is 99.3 Å². The van der Waals surface area contributed by atoms with Gasteiger partial charge in [-0.05, 0) is 78.7 Å². The summed E-state index contributed by atoms with van der Waals surface area (Å²) in [6.07, 6.45) is 0.243. The zero-order valence-electron chi connectivity index (χ0n) is 29.1. The van der Waals surface area contributed by atoms with E-state index in [1.165, 1.54) is 27.4 Å². The Balaban J connectivity index is 1.31. The molecule has 0 bridgehead atoms. The molecule has 4 heterocycles. The zero-order valence-corrected chi connectivity index (χ0v) is 29.1. The van der Waals surface area contributed by atoms with Crippen LogP contribution >= 0.6 is 0 Å². The maximum Gasteiger partial charge on any atom is 0.401 e. The maximum absolute atomic E-state index is 15.7. The molecule has 5 aromatic rings. The molecule has 0 atom stereocenters. The highest BCUT2D eigenvalue weighted by molar-refractivity contribution is 5.83. The molecular weight excluding hydrogens is 664 g/mol. The van der Waals surface area contributed by atoms with Crippen LogP contribution in [0.15, 0.2) is 70.7 Å². The molecule has 1 aliphatic rings. The minimum atomic E-state index is -4.21. The van der Waals surface area contributed by atoms with Gasteiger partial charge in [0.05, 0.1) is 36.1 Å². The van der Waals surface area contributed by atoms with Gasteiger partial charge >= 0.3 is 6.18 Å². The molecule has 0 radical (unpaired) electrons. The van der Waals surface area contributed by atoms with Gasteiger partial charge < -0.3 is 10.4 Å². The fourth-order valence-corrected chi connectivity index (χ4v) is 6.61. The number of pyridine rings is 1. The molecule has 51 heavy (non-hydrogen) atoms. The summed E-state index contributed by atoms with van der Waals surface area (Å²) in [7, 11) is 3.07. The summed E-state index contributed by atoms with van der Waals surface area (Å²) in [5, 5.41) is 23.8. The third-order valence-corrected chi connectivity index (χ3v) is 9.32. The number of alkyl halides is 3. The van der Waals surface area contributed by atoms with Gasteiger partial charge in [0.2, 0.25) is 0 Å². The zero-order chi connectivity index (χ0) is 36.7. The van der Waals surface area contributed by atoms with Crippen LogP contribution in [0.3, 0.4) is 0 Å². The first-order valence-corrected chi connectivity index (χ1v) is 16.7. The highest BCUT2D eigenvalue weighted by Crippen LogP contribution is 2.32. The number of likely N-dealkylation sites (tertiary alicyclic amines) is 1. The summed E-state index contributed by atoms with van der Waals surface area (Å²) in [5.41, 5.74) is 3.32. The van der Waals surface area contributed by atoms with Crippen LogP contribution in [0.4, 0.5) is 29.1 Å². The molecular formula is C37H40F4N8O2. The van der Waals surface area contributed by atoms with Gasteiger partial charge in [-0.15, -0.1) is 0 Å². The third-order valence-electron chi connectivity index (χ3n) is 9.32. The van der Waals surface area contributed by atoms with Gasteiger partial charge in [-0.3, -0.25) is 14.7 Å². The molecule has 0 saturated carbocycles. The second kappa shape index (κ2) is 14.0. The monoisotopic (exact) mass is 704 g/mol. The highest BCUT2D eigenvalue weighted by Gasteiger charge is 2.33. The number of hydrogen-bond donors (Lipinski definition) is 2. The number of aliphatic hydroxyl groups excluding tert-OH is 1. The number of nitrogens with one attached hydrogen (secondary N) is 1. The number of aliphatic hydroxyl groups is 1. The van der Waals surface area contributed by atoms with Crippen molar-refractivity contribution in [3.8, 4) is 16.9 Å². The van der Waals surface area contributed by atoms with E-state index in [-0.39, 0.29) is 22.5 Å². The van der Waals surface area contributed by atoms with E-state index in [0.717, 1.165) is 11.1 Å². The summed E-state index contributed by atoms with van der Waals surface area (Å²) < 4.78 is 56.7. The van der Waals surface area contributed by atoms with Crippen molar-refractivity contribution in [2.45, 2.75) is 57.7 Å². The average molecular weight is 705 g/mol. The summed E-state index contributed by atoms with van der Waals surface area (Å²) in [6.45, 7) is 5.42. The molecule has 1 saturated heterocycles. The Kier molecular flexibility index (Phi) is 9.84. The molecule has 2 aromatic carbocycles. The summed E-state index contributed by atoms with van der Waals surface area (Å²) in [4.78, 5) is 23.5. The fourth-order valence-electron chi connectivity index (χ4n) is 6.61. The number of hydrogen-bond acceptors (Lipinski definition) is 8. The smallest absolute Gasteiger partial charge is 0.392 e. The van der Waals surface area contributed by atoms with E-state index in [0.29, 0.717) is 65.0 Å². The van der Waals surface area contributed by atoms with Crippen LogP contribution in [0.2, 0.25) is 0 Å². The molecule has 1 fully saturated rings. The van der Waals surface area contributed by atoms with Gasteiger partial charge in [0.25, 0.3) is 5.56 Å². The highest BCUT2D eigenvalue weighted by atomic mass is 19.4. The van der Waals surface area contributed by atoms with Gasteiger partial charge in [-0.25, -0.2) is 18.7 Å². The Bertz CT molecular complexity index is 2200. The number of aryl methyl sites for hydroxylation is 1. The third kappa shape index (κ3) is 7.57. The lowest BCUT2D eigenvalue weighted by atomic mass is 9.86. The maximum atomic E-state index is 15.7. The van der Waals surface area contributed by atoms with Crippen LogP contribution in [0.5, 0.6) is 0 Å². The van der Waals surface area contributed by atoms with E-state index in [1.54, 1.807) is 49.8 Å². The van der Waals surface area contributed by atoms with Gasteiger partial charge in [0, 0.05) is 36.8 Å². The molecule has 14 heteroatoms. The average Bonchev–Trinajstić information content (AvgIpc) is 3.08. The molecule has 0 unspecified atom stereocenters. The predicted octanol–water partition coefficient (Wildman–Crippen LogP) is 6.13. The second-order valence-corrected chi connectivity index (χ2v) is 13.9. The summed E-state index contributed by atoms with van der Waals surface area (Å²) >= 11 is 0. The number of fused-ring (bicyclic) bond motifs is 1. The lowest BCUT2D eigenvalue weighted by molar-refractivity contribution is -0.147. The predicted molar refractivity (Wildman–Crippen MR) is 188 cm³/mol. The van der Waals surface area contributed by atoms with Crippen molar-refractivity contribution >= 4 is 22.3 Å². The van der Waals surface area contributed by atoms with Crippen LogP contribution in [0.25, 0.3) is 27.7 Å². The van der Waals surface area contributed by atoms with Crippen molar-refractivity contribution in [2.24, 2.45) is 12.0 Å². The largest absolute Gasteiger partial charge is 0.401 e. The Morgan fingerprint density at radius 2 is 1.78 bits per heavy atom. The number of rotatable bonds is 7. The molecule has 0 amide bonds. The molecule has 0 aliphatic carbocycles. The molecule has 1 aliphatic heterocycles. The van der Waals surface area contributed by atoms with Gasteiger partial charge in [0.1, 0.15) is 17.3 Å². The lowest BCUT2D eigenvalue weighted by Gasteiger charge is -2.32. The summed E-state index contributed by atoms with van der Waals surface area (Å²) in [5.74, 6) is 0.0636. The van der Waals surface area contributed by atoms with Crippen LogP contribution in [0.1, 0.15) is 56.2 Å². The number of benzene rings is 2. The van der Waals surface area contributed by atoms with Gasteiger partial charge in [0.15, 0.2) is 5.49 Å². The first kappa shape index (κ1) is 35.9. The van der Waals surface area contributed by atoms with Crippen molar-refractivity contribution in [2.75, 3.05) is 32.0 Å². The number of nitrogens with zero attached hydrogens (tertiary/aromatic N) is 7. The molecule has 2 N–H and O–H groups in total. The quantitative estimate of drug-likeness (QED) is 0.196. The molecule has 10 nitrogen and oxygen atoms in total. The lowest BCUT2D eigenvalue weighted by Crippen LogP contribution is -2.39. The minimum Gasteiger partial charge on any atom is -0.392 e. The standard InChI is InChI=1S/C37H40F4N8O2/c1-36(2,3)25-15-24-19-44-49(34(42-4)33(24)28(38)16-25)31-8-6-7-26(27(31)20-50)29-17-30(35(51)47(5)46-29)45-32-10-9-23(18-43-32)22-11-13-48(14-12-22)21-37(39,40)41/h6-10,15-19,22,50H,11-14,20-21H2,1-5H3,(H,43,45). The van der Waals surface area contributed by atoms with Crippen LogP contribution in [-0.4, -0.2) is 67.4 Å². The van der Waals surface area contributed by atoms with E-state index in [1.807, 2.05) is 32.9 Å². The Morgan fingerprint density at radius 3 is 2.41 bits per heavy atom. The number of anilines is 2.